The Balaban J connectivity index is 1.53. The Kier molecular flexibility index (Phi) is 5.02. The van der Waals surface area contributed by atoms with Gasteiger partial charge < -0.3 is 9.64 Å². The first kappa shape index (κ1) is 15.4. The standard InChI is InChI=1S/C16H22N4OS/c1-19(2)9-13-7-14(3-5-18-13)21-15-4-6-20(10-15)11-16-8-17-12-22-16/h3,5,7-8,12,15H,4,6,9-11H2,1-2H3. The minimum Gasteiger partial charge on any atom is -0.489 e. The molecule has 3 rings (SSSR count). The molecule has 1 unspecified atom stereocenters. The van der Waals surface area contributed by atoms with Gasteiger partial charge in [-0.15, -0.1) is 11.3 Å². The highest BCUT2D eigenvalue weighted by Crippen LogP contribution is 2.21. The van der Waals surface area contributed by atoms with Gasteiger partial charge >= 0.3 is 0 Å². The van der Waals surface area contributed by atoms with Crippen LogP contribution in [-0.2, 0) is 13.1 Å². The van der Waals surface area contributed by atoms with E-state index in [9.17, 15) is 0 Å². The SMILES string of the molecule is CN(C)Cc1cc(OC2CCN(Cc3cncs3)C2)ccn1. The van der Waals surface area contributed by atoms with Crippen LogP contribution in [0.4, 0.5) is 0 Å². The Morgan fingerprint density at radius 2 is 2.36 bits per heavy atom. The van der Waals surface area contributed by atoms with Crippen LogP contribution in [0, 0.1) is 0 Å². The van der Waals surface area contributed by atoms with Gasteiger partial charge in [0.1, 0.15) is 11.9 Å². The molecule has 1 atom stereocenters. The summed E-state index contributed by atoms with van der Waals surface area (Å²) in [6.45, 7) is 3.87. The van der Waals surface area contributed by atoms with Crippen LogP contribution in [0.15, 0.2) is 30.0 Å². The number of nitrogens with zero attached hydrogens (tertiary/aromatic N) is 4. The quantitative estimate of drug-likeness (QED) is 0.817. The molecular formula is C16H22N4OS. The number of likely N-dealkylation sites (tertiary alicyclic amines) is 1. The normalized spacial score (nSPS) is 19.0. The van der Waals surface area contributed by atoms with Gasteiger partial charge in [0.15, 0.2) is 0 Å². The largest absolute Gasteiger partial charge is 0.489 e. The highest BCUT2D eigenvalue weighted by Gasteiger charge is 2.24. The van der Waals surface area contributed by atoms with Crippen molar-refractivity contribution in [3.8, 4) is 5.75 Å². The Labute approximate surface area is 135 Å². The molecule has 0 aromatic carbocycles. The first-order chi connectivity index (χ1) is 10.7. The summed E-state index contributed by atoms with van der Waals surface area (Å²) in [4.78, 5) is 14.4. The zero-order chi connectivity index (χ0) is 15.4. The number of rotatable bonds is 6. The Morgan fingerprint density at radius 3 is 3.14 bits per heavy atom. The van der Waals surface area contributed by atoms with Crippen LogP contribution in [0.5, 0.6) is 5.75 Å². The number of hydrogen-bond donors (Lipinski definition) is 0. The van der Waals surface area contributed by atoms with Crippen LogP contribution in [0.25, 0.3) is 0 Å². The van der Waals surface area contributed by atoms with E-state index in [0.717, 1.165) is 44.0 Å². The van der Waals surface area contributed by atoms with E-state index in [1.807, 2.05) is 44.1 Å². The summed E-state index contributed by atoms with van der Waals surface area (Å²) >= 11 is 1.72. The summed E-state index contributed by atoms with van der Waals surface area (Å²) in [6.07, 6.45) is 5.12. The second kappa shape index (κ2) is 7.17. The average molecular weight is 318 g/mol. The molecule has 2 aromatic heterocycles. The second-order valence-electron chi connectivity index (χ2n) is 5.95. The molecule has 0 aliphatic carbocycles. The molecule has 1 fully saturated rings. The number of thiazole rings is 1. The maximum atomic E-state index is 6.13. The fraction of sp³-hybridized carbons (Fsp3) is 0.500. The zero-order valence-corrected chi connectivity index (χ0v) is 13.9. The van der Waals surface area contributed by atoms with Crippen molar-refractivity contribution < 1.29 is 4.74 Å². The van der Waals surface area contributed by atoms with Crippen LogP contribution in [0.1, 0.15) is 17.0 Å². The third-order valence-electron chi connectivity index (χ3n) is 3.66. The van der Waals surface area contributed by atoms with Gasteiger partial charge in [-0.2, -0.15) is 0 Å². The third-order valence-corrected chi connectivity index (χ3v) is 4.43. The van der Waals surface area contributed by atoms with Gasteiger partial charge in [0.25, 0.3) is 0 Å². The van der Waals surface area contributed by atoms with Gasteiger partial charge in [-0.05, 0) is 26.6 Å². The van der Waals surface area contributed by atoms with E-state index in [1.165, 1.54) is 4.88 Å². The molecule has 0 amide bonds. The zero-order valence-electron chi connectivity index (χ0n) is 13.1. The van der Waals surface area contributed by atoms with Crippen molar-refractivity contribution in [1.29, 1.82) is 0 Å². The fourth-order valence-corrected chi connectivity index (χ4v) is 3.35. The molecule has 22 heavy (non-hydrogen) atoms. The molecule has 1 aliphatic heterocycles. The van der Waals surface area contributed by atoms with Crippen molar-refractivity contribution >= 4 is 11.3 Å². The van der Waals surface area contributed by atoms with Crippen LogP contribution in [0.3, 0.4) is 0 Å². The first-order valence-electron chi connectivity index (χ1n) is 7.55. The third kappa shape index (κ3) is 4.25. The van der Waals surface area contributed by atoms with Crippen molar-refractivity contribution in [3.05, 3.63) is 40.6 Å². The molecule has 1 saturated heterocycles. The van der Waals surface area contributed by atoms with Crippen LogP contribution >= 0.6 is 11.3 Å². The molecule has 0 radical (unpaired) electrons. The van der Waals surface area contributed by atoms with Crippen molar-refractivity contribution in [3.63, 3.8) is 0 Å². The molecule has 118 valence electrons. The molecule has 6 heteroatoms. The van der Waals surface area contributed by atoms with E-state index in [1.54, 1.807) is 11.3 Å². The molecule has 1 aliphatic rings. The summed E-state index contributed by atoms with van der Waals surface area (Å²) < 4.78 is 6.13. The molecule has 2 aromatic rings. The van der Waals surface area contributed by atoms with Gasteiger partial charge in [0, 0.05) is 49.5 Å². The minimum absolute atomic E-state index is 0.266. The van der Waals surface area contributed by atoms with E-state index >= 15 is 0 Å². The van der Waals surface area contributed by atoms with Crippen molar-refractivity contribution in [1.82, 2.24) is 19.8 Å². The summed E-state index contributed by atoms with van der Waals surface area (Å²) in [7, 11) is 4.09. The summed E-state index contributed by atoms with van der Waals surface area (Å²) in [5, 5.41) is 0. The molecule has 0 bridgehead atoms. The molecule has 5 nitrogen and oxygen atoms in total. The van der Waals surface area contributed by atoms with Gasteiger partial charge in [-0.3, -0.25) is 14.9 Å². The van der Waals surface area contributed by atoms with E-state index in [2.05, 4.69) is 19.8 Å². The molecule has 0 N–H and O–H groups in total. The first-order valence-corrected chi connectivity index (χ1v) is 8.43. The highest BCUT2D eigenvalue weighted by molar-refractivity contribution is 7.09. The van der Waals surface area contributed by atoms with Crippen molar-refractivity contribution in [2.75, 3.05) is 27.2 Å². The Morgan fingerprint density at radius 1 is 1.45 bits per heavy atom. The lowest BCUT2D eigenvalue weighted by atomic mass is 10.3. The van der Waals surface area contributed by atoms with Crippen molar-refractivity contribution in [2.45, 2.75) is 25.6 Å². The van der Waals surface area contributed by atoms with Crippen LogP contribution < -0.4 is 4.74 Å². The predicted molar refractivity (Wildman–Crippen MR) is 88.1 cm³/mol. The number of ether oxygens (including phenoxy) is 1. The average Bonchev–Trinajstić information content (AvgIpc) is 3.11. The lowest BCUT2D eigenvalue weighted by molar-refractivity contribution is 0.198. The summed E-state index contributed by atoms with van der Waals surface area (Å²) in [6, 6.07) is 4.00. The smallest absolute Gasteiger partial charge is 0.123 e. The lowest BCUT2D eigenvalue weighted by Gasteiger charge is -2.16. The topological polar surface area (TPSA) is 41.5 Å². The lowest BCUT2D eigenvalue weighted by Crippen LogP contribution is -2.24. The van der Waals surface area contributed by atoms with Crippen molar-refractivity contribution in [2.24, 2.45) is 0 Å². The molecule has 3 heterocycles. The maximum absolute atomic E-state index is 6.13. The number of pyridine rings is 1. The summed E-state index contributed by atoms with van der Waals surface area (Å²) in [5.41, 5.74) is 2.94. The monoisotopic (exact) mass is 318 g/mol. The Bertz CT molecular complexity index is 588. The number of aromatic nitrogens is 2. The van der Waals surface area contributed by atoms with E-state index < -0.39 is 0 Å². The van der Waals surface area contributed by atoms with E-state index in [0.29, 0.717) is 0 Å². The minimum atomic E-state index is 0.266. The van der Waals surface area contributed by atoms with Gasteiger partial charge in [-0.25, -0.2) is 0 Å². The maximum Gasteiger partial charge on any atom is 0.123 e. The fourth-order valence-electron chi connectivity index (χ4n) is 2.71. The highest BCUT2D eigenvalue weighted by atomic mass is 32.1. The second-order valence-corrected chi connectivity index (χ2v) is 6.92. The van der Waals surface area contributed by atoms with Crippen LogP contribution in [-0.4, -0.2) is 53.1 Å². The molecule has 0 spiro atoms. The van der Waals surface area contributed by atoms with Gasteiger partial charge in [0.2, 0.25) is 0 Å². The van der Waals surface area contributed by atoms with Crippen LogP contribution in [0.2, 0.25) is 0 Å². The molecule has 0 saturated carbocycles. The predicted octanol–water partition coefficient (Wildman–Crippen LogP) is 2.25. The van der Waals surface area contributed by atoms with Gasteiger partial charge in [-0.1, -0.05) is 0 Å². The van der Waals surface area contributed by atoms with E-state index in [4.69, 9.17) is 4.74 Å². The molecular weight excluding hydrogens is 296 g/mol. The van der Waals surface area contributed by atoms with E-state index in [-0.39, 0.29) is 6.10 Å². The number of hydrogen-bond acceptors (Lipinski definition) is 6. The summed E-state index contributed by atoms with van der Waals surface area (Å²) in [5.74, 6) is 0.927. The Hall–Kier alpha value is -1.50. The van der Waals surface area contributed by atoms with Gasteiger partial charge in [0.05, 0.1) is 11.2 Å².